The fourth-order valence-electron chi connectivity index (χ4n) is 1.47. The van der Waals surface area contributed by atoms with Gasteiger partial charge in [0, 0.05) is 12.1 Å². The average Bonchev–Trinajstić information content (AvgIpc) is 2.85. The number of guanidine groups is 1. The monoisotopic (exact) mass is 280 g/mol. The van der Waals surface area contributed by atoms with E-state index in [1.54, 1.807) is 12.3 Å². The molecule has 0 saturated carbocycles. The first-order chi connectivity index (χ1) is 9.40. The van der Waals surface area contributed by atoms with E-state index in [4.69, 9.17) is 4.42 Å². The molecule has 0 aliphatic carbocycles. The van der Waals surface area contributed by atoms with Crippen molar-refractivity contribution in [2.24, 2.45) is 4.99 Å². The van der Waals surface area contributed by atoms with Gasteiger partial charge in [0.1, 0.15) is 12.3 Å². The lowest BCUT2D eigenvalue weighted by Gasteiger charge is -2.23. The summed E-state index contributed by atoms with van der Waals surface area (Å²) in [6.45, 7) is 9.30. The van der Waals surface area contributed by atoms with Gasteiger partial charge >= 0.3 is 0 Å². The number of nitrogens with one attached hydrogen (secondary N) is 3. The molecule has 0 aromatic carbocycles. The van der Waals surface area contributed by atoms with Crippen LogP contribution in [-0.4, -0.2) is 30.5 Å². The Morgan fingerprint density at radius 1 is 1.35 bits per heavy atom. The number of carbonyl (C=O) groups is 1. The molecule has 1 aromatic rings. The molecule has 0 radical (unpaired) electrons. The fourth-order valence-corrected chi connectivity index (χ4v) is 1.47. The highest BCUT2D eigenvalue weighted by molar-refractivity contribution is 5.85. The molecular weight excluding hydrogens is 256 g/mol. The van der Waals surface area contributed by atoms with Crippen molar-refractivity contribution in [3.05, 3.63) is 24.2 Å². The quantitative estimate of drug-likeness (QED) is 0.560. The minimum Gasteiger partial charge on any atom is -0.467 e. The number of rotatable bonds is 5. The Hall–Kier alpha value is -1.98. The minimum atomic E-state index is -0.146. The third kappa shape index (κ3) is 6.82. The van der Waals surface area contributed by atoms with Crippen molar-refractivity contribution < 1.29 is 9.21 Å². The highest BCUT2D eigenvalue weighted by atomic mass is 16.3. The maximum Gasteiger partial charge on any atom is 0.242 e. The van der Waals surface area contributed by atoms with Crippen LogP contribution in [-0.2, 0) is 11.3 Å². The van der Waals surface area contributed by atoms with Gasteiger partial charge in [-0.2, -0.15) is 0 Å². The first-order valence-electron chi connectivity index (χ1n) is 6.76. The van der Waals surface area contributed by atoms with E-state index in [1.165, 1.54) is 0 Å². The first-order valence-corrected chi connectivity index (χ1v) is 6.76. The number of amides is 1. The Kier molecular flexibility index (Phi) is 6.09. The molecule has 20 heavy (non-hydrogen) atoms. The van der Waals surface area contributed by atoms with Gasteiger partial charge in [0.05, 0.1) is 12.8 Å². The lowest BCUT2D eigenvalue weighted by atomic mass is 10.1. The molecule has 0 bridgehead atoms. The van der Waals surface area contributed by atoms with Gasteiger partial charge in [-0.15, -0.1) is 0 Å². The second-order valence-corrected chi connectivity index (χ2v) is 5.43. The molecule has 0 atom stereocenters. The van der Waals surface area contributed by atoms with E-state index >= 15 is 0 Å². The number of hydrogen-bond donors (Lipinski definition) is 3. The van der Waals surface area contributed by atoms with Gasteiger partial charge in [0.2, 0.25) is 5.91 Å². The van der Waals surface area contributed by atoms with Crippen molar-refractivity contribution in [3.8, 4) is 0 Å². The molecule has 1 rings (SSSR count). The van der Waals surface area contributed by atoms with Crippen molar-refractivity contribution in [2.45, 2.75) is 39.8 Å². The van der Waals surface area contributed by atoms with Crippen molar-refractivity contribution in [1.82, 2.24) is 16.0 Å². The highest BCUT2D eigenvalue weighted by Crippen LogP contribution is 1.99. The summed E-state index contributed by atoms with van der Waals surface area (Å²) < 4.78 is 5.14. The van der Waals surface area contributed by atoms with Crippen LogP contribution in [0, 0.1) is 0 Å². The number of hydrogen-bond acceptors (Lipinski definition) is 3. The van der Waals surface area contributed by atoms with E-state index in [1.807, 2.05) is 33.8 Å². The van der Waals surface area contributed by atoms with Gasteiger partial charge in [0.25, 0.3) is 0 Å². The van der Waals surface area contributed by atoms with Crippen LogP contribution in [0.1, 0.15) is 33.5 Å². The lowest BCUT2D eigenvalue weighted by molar-refractivity contribution is -0.119. The summed E-state index contributed by atoms with van der Waals surface area (Å²) in [6, 6.07) is 3.60. The number of nitrogens with zero attached hydrogens (tertiary/aromatic N) is 1. The standard InChI is InChI=1S/C14H24N4O2/c1-5-15-13(18-14(2,3)4)17-10-12(19)16-9-11-7-6-8-20-11/h6-8H,5,9-10H2,1-4H3,(H,16,19)(H2,15,17,18). The van der Waals surface area contributed by atoms with Crippen LogP contribution < -0.4 is 16.0 Å². The average molecular weight is 280 g/mol. The third-order valence-electron chi connectivity index (χ3n) is 2.26. The maximum atomic E-state index is 11.7. The molecule has 112 valence electrons. The summed E-state index contributed by atoms with van der Waals surface area (Å²) in [5.41, 5.74) is -0.106. The van der Waals surface area contributed by atoms with Crippen LogP contribution in [0.3, 0.4) is 0 Å². The second kappa shape index (κ2) is 7.57. The van der Waals surface area contributed by atoms with E-state index in [0.717, 1.165) is 12.3 Å². The Labute approximate surface area is 120 Å². The molecule has 0 aliphatic heterocycles. The fraction of sp³-hybridized carbons (Fsp3) is 0.571. The largest absolute Gasteiger partial charge is 0.467 e. The molecule has 0 saturated heterocycles. The molecule has 0 unspecified atom stereocenters. The van der Waals surface area contributed by atoms with Gasteiger partial charge < -0.3 is 20.4 Å². The smallest absolute Gasteiger partial charge is 0.242 e. The summed E-state index contributed by atoms with van der Waals surface area (Å²) in [7, 11) is 0. The van der Waals surface area contributed by atoms with Gasteiger partial charge in [-0.05, 0) is 39.8 Å². The normalized spacial score (nSPS) is 12.1. The molecule has 1 aromatic heterocycles. The number of furan rings is 1. The molecule has 0 aliphatic rings. The van der Waals surface area contributed by atoms with Crippen molar-refractivity contribution in [3.63, 3.8) is 0 Å². The molecule has 0 fully saturated rings. The van der Waals surface area contributed by atoms with Crippen LogP contribution >= 0.6 is 0 Å². The van der Waals surface area contributed by atoms with E-state index < -0.39 is 0 Å². The minimum absolute atomic E-state index is 0.0755. The summed E-state index contributed by atoms with van der Waals surface area (Å²) in [6.07, 6.45) is 1.58. The van der Waals surface area contributed by atoms with Crippen LogP contribution in [0.2, 0.25) is 0 Å². The molecule has 0 spiro atoms. The Bertz CT molecular complexity index is 433. The van der Waals surface area contributed by atoms with Gasteiger partial charge in [-0.3, -0.25) is 4.79 Å². The lowest BCUT2D eigenvalue weighted by Crippen LogP contribution is -2.48. The van der Waals surface area contributed by atoms with Crippen LogP contribution in [0.15, 0.2) is 27.8 Å². The zero-order valence-electron chi connectivity index (χ0n) is 12.6. The van der Waals surface area contributed by atoms with E-state index in [2.05, 4.69) is 20.9 Å². The summed E-state index contributed by atoms with van der Waals surface area (Å²) in [5.74, 6) is 1.21. The molecule has 6 nitrogen and oxygen atoms in total. The third-order valence-corrected chi connectivity index (χ3v) is 2.26. The van der Waals surface area contributed by atoms with E-state index in [0.29, 0.717) is 12.5 Å². The predicted octanol–water partition coefficient (Wildman–Crippen LogP) is 1.25. The van der Waals surface area contributed by atoms with Crippen LogP contribution in [0.25, 0.3) is 0 Å². The summed E-state index contributed by atoms with van der Waals surface area (Å²) in [5, 5.41) is 9.08. The molecule has 1 amide bonds. The number of carbonyl (C=O) groups excluding carboxylic acids is 1. The summed E-state index contributed by atoms with van der Waals surface area (Å²) >= 11 is 0. The van der Waals surface area contributed by atoms with Crippen molar-refractivity contribution in [1.29, 1.82) is 0 Å². The molecular formula is C14H24N4O2. The van der Waals surface area contributed by atoms with Crippen LogP contribution in [0.5, 0.6) is 0 Å². The van der Waals surface area contributed by atoms with Gasteiger partial charge in [-0.1, -0.05) is 0 Å². The first kappa shape index (κ1) is 16.1. The van der Waals surface area contributed by atoms with Crippen molar-refractivity contribution in [2.75, 3.05) is 13.1 Å². The Morgan fingerprint density at radius 3 is 2.65 bits per heavy atom. The highest BCUT2D eigenvalue weighted by Gasteiger charge is 2.12. The number of aliphatic imine (C=N–C) groups is 1. The summed E-state index contributed by atoms with van der Waals surface area (Å²) in [4.78, 5) is 15.9. The van der Waals surface area contributed by atoms with Gasteiger partial charge in [0.15, 0.2) is 5.96 Å². The topological polar surface area (TPSA) is 78.7 Å². The zero-order valence-corrected chi connectivity index (χ0v) is 12.6. The zero-order chi connectivity index (χ0) is 15.0. The Morgan fingerprint density at radius 2 is 2.10 bits per heavy atom. The SMILES string of the molecule is CCNC(=NCC(=O)NCc1ccco1)NC(C)(C)C. The van der Waals surface area contributed by atoms with Crippen LogP contribution in [0.4, 0.5) is 0 Å². The van der Waals surface area contributed by atoms with E-state index in [-0.39, 0.29) is 18.0 Å². The second-order valence-electron chi connectivity index (χ2n) is 5.43. The van der Waals surface area contributed by atoms with E-state index in [9.17, 15) is 4.79 Å². The molecule has 6 heteroatoms. The molecule has 1 heterocycles. The molecule has 3 N–H and O–H groups in total. The maximum absolute atomic E-state index is 11.7. The van der Waals surface area contributed by atoms with Crippen molar-refractivity contribution >= 4 is 11.9 Å². The predicted molar refractivity (Wildman–Crippen MR) is 79.4 cm³/mol. The Balaban J connectivity index is 2.43. The van der Waals surface area contributed by atoms with Gasteiger partial charge in [-0.25, -0.2) is 4.99 Å².